The van der Waals surface area contributed by atoms with Crippen molar-refractivity contribution in [3.05, 3.63) is 29.1 Å². The molecule has 1 unspecified atom stereocenters. The monoisotopic (exact) mass is 334 g/mol. The molecular weight excluding hydrogens is 321 g/mol. The van der Waals surface area contributed by atoms with Crippen molar-refractivity contribution in [3.63, 3.8) is 0 Å². The third-order valence-corrected chi connectivity index (χ3v) is 2.96. The summed E-state index contributed by atoms with van der Waals surface area (Å²) in [6.45, 7) is 3.73. The van der Waals surface area contributed by atoms with E-state index in [9.17, 15) is 13.2 Å². The molecule has 0 aliphatic rings. The van der Waals surface area contributed by atoms with E-state index in [1.54, 1.807) is 18.2 Å². The van der Waals surface area contributed by atoms with E-state index in [-0.39, 0.29) is 17.8 Å². The molecule has 0 bridgehead atoms. The molecule has 0 N–H and O–H groups in total. The van der Waals surface area contributed by atoms with Gasteiger partial charge in [0.1, 0.15) is 5.75 Å². The Hall–Kier alpha value is -1.76. The fourth-order valence-electron chi connectivity index (χ4n) is 1.70. The second-order valence-electron chi connectivity index (χ2n) is 4.88. The summed E-state index contributed by atoms with van der Waals surface area (Å²) in [5.74, 6) is 0.460. The van der Waals surface area contributed by atoms with Gasteiger partial charge in [0, 0.05) is 5.56 Å². The van der Waals surface area contributed by atoms with E-state index in [2.05, 4.69) is 10.1 Å². The van der Waals surface area contributed by atoms with Gasteiger partial charge in [0.15, 0.2) is 6.17 Å². The van der Waals surface area contributed by atoms with Gasteiger partial charge < -0.3 is 9.26 Å². The summed E-state index contributed by atoms with van der Waals surface area (Å²) >= 11 is 6.09. The first kappa shape index (κ1) is 16.6. The summed E-state index contributed by atoms with van der Waals surface area (Å²) in [5, 5.41) is 3.99. The normalized spacial score (nSPS) is 12.9. The van der Waals surface area contributed by atoms with Crippen molar-refractivity contribution in [1.29, 1.82) is 0 Å². The van der Waals surface area contributed by atoms with Crippen molar-refractivity contribution in [3.8, 4) is 17.1 Å². The second-order valence-corrected chi connectivity index (χ2v) is 5.29. The molecule has 0 spiro atoms. The van der Waals surface area contributed by atoms with Gasteiger partial charge in [-0.1, -0.05) is 16.8 Å². The first-order valence-electron chi connectivity index (χ1n) is 6.58. The van der Waals surface area contributed by atoms with Gasteiger partial charge >= 0.3 is 0 Å². The standard InChI is InChI=1S/C14H14ClF3N2O2/c1-7(2)21-11-4-3-8(5-9(11)15)14-19-12(22-20-14)6-10(16)13(17)18/h3-5,7,10,13H,6H2,1-2H3. The number of halogens is 4. The lowest BCUT2D eigenvalue weighted by molar-refractivity contribution is 0.0460. The Kier molecular flexibility index (Phi) is 5.28. The summed E-state index contributed by atoms with van der Waals surface area (Å²) in [6.07, 6.45) is -6.08. The highest BCUT2D eigenvalue weighted by Crippen LogP contribution is 2.30. The van der Waals surface area contributed by atoms with Crippen molar-refractivity contribution in [2.75, 3.05) is 0 Å². The lowest BCUT2D eigenvalue weighted by Crippen LogP contribution is -2.15. The molecule has 8 heteroatoms. The van der Waals surface area contributed by atoms with Crippen LogP contribution in [0.4, 0.5) is 13.2 Å². The third-order valence-electron chi connectivity index (χ3n) is 2.66. The predicted molar refractivity (Wildman–Crippen MR) is 75.1 cm³/mol. The number of nitrogens with zero attached hydrogens (tertiary/aromatic N) is 2. The fourth-order valence-corrected chi connectivity index (χ4v) is 1.93. The topological polar surface area (TPSA) is 48.2 Å². The number of hydrogen-bond donors (Lipinski definition) is 0. The largest absolute Gasteiger partial charge is 0.489 e. The van der Waals surface area contributed by atoms with E-state index >= 15 is 0 Å². The summed E-state index contributed by atoms with van der Waals surface area (Å²) in [4.78, 5) is 3.88. The minimum atomic E-state index is -3.09. The van der Waals surface area contributed by atoms with E-state index in [1.807, 2.05) is 13.8 Å². The highest BCUT2D eigenvalue weighted by Gasteiger charge is 2.23. The van der Waals surface area contributed by atoms with Crippen LogP contribution in [0.3, 0.4) is 0 Å². The lowest BCUT2D eigenvalue weighted by atomic mass is 10.2. The molecule has 4 nitrogen and oxygen atoms in total. The molecule has 0 saturated heterocycles. The molecule has 0 fully saturated rings. The Morgan fingerprint density at radius 2 is 2.00 bits per heavy atom. The average molecular weight is 335 g/mol. The fraction of sp³-hybridized carbons (Fsp3) is 0.429. The van der Waals surface area contributed by atoms with E-state index in [1.165, 1.54) is 0 Å². The van der Waals surface area contributed by atoms with Gasteiger partial charge in [0.05, 0.1) is 17.5 Å². The molecule has 0 aliphatic heterocycles. The highest BCUT2D eigenvalue weighted by atomic mass is 35.5. The molecule has 0 saturated carbocycles. The molecule has 1 aromatic carbocycles. The molecule has 22 heavy (non-hydrogen) atoms. The van der Waals surface area contributed by atoms with Crippen LogP contribution in [-0.2, 0) is 6.42 Å². The van der Waals surface area contributed by atoms with Gasteiger partial charge in [-0.05, 0) is 32.0 Å². The molecule has 2 rings (SSSR count). The molecule has 1 aromatic heterocycles. The Labute approximate surface area is 130 Å². The summed E-state index contributed by atoms with van der Waals surface area (Å²) in [7, 11) is 0. The van der Waals surface area contributed by atoms with Crippen molar-refractivity contribution < 1.29 is 22.4 Å². The van der Waals surface area contributed by atoms with E-state index in [0.717, 1.165) is 0 Å². The summed E-state index contributed by atoms with van der Waals surface area (Å²) < 4.78 is 47.5. The van der Waals surface area contributed by atoms with Gasteiger partial charge in [0.2, 0.25) is 11.7 Å². The SMILES string of the molecule is CC(C)Oc1ccc(-c2noc(CC(F)C(F)F)n2)cc1Cl. The van der Waals surface area contributed by atoms with Gasteiger partial charge in [-0.2, -0.15) is 4.98 Å². The maximum Gasteiger partial charge on any atom is 0.269 e. The maximum atomic E-state index is 12.9. The minimum Gasteiger partial charge on any atom is -0.489 e. The quantitative estimate of drug-likeness (QED) is 0.789. The van der Waals surface area contributed by atoms with Gasteiger partial charge in [-0.3, -0.25) is 0 Å². The van der Waals surface area contributed by atoms with Crippen LogP contribution in [0.5, 0.6) is 5.75 Å². The Balaban J connectivity index is 2.15. The van der Waals surface area contributed by atoms with Crippen LogP contribution < -0.4 is 4.74 Å². The van der Waals surface area contributed by atoms with Crippen molar-refractivity contribution >= 4 is 11.6 Å². The Morgan fingerprint density at radius 1 is 1.27 bits per heavy atom. The van der Waals surface area contributed by atoms with Crippen LogP contribution in [0.15, 0.2) is 22.7 Å². The second kappa shape index (κ2) is 7.00. The van der Waals surface area contributed by atoms with Crippen LogP contribution in [0, 0.1) is 0 Å². The van der Waals surface area contributed by atoms with Crippen LogP contribution >= 0.6 is 11.6 Å². The summed E-state index contributed by atoms with van der Waals surface area (Å²) in [5.41, 5.74) is 0.517. The van der Waals surface area contributed by atoms with Gasteiger partial charge in [-0.15, -0.1) is 0 Å². The molecule has 2 aromatic rings. The average Bonchev–Trinajstić information content (AvgIpc) is 2.89. The molecule has 120 valence electrons. The molecule has 1 atom stereocenters. The summed E-state index contributed by atoms with van der Waals surface area (Å²) in [6, 6.07) is 4.86. The Bertz CT molecular complexity index is 634. The van der Waals surface area contributed by atoms with Gasteiger partial charge in [-0.25, -0.2) is 13.2 Å². The number of benzene rings is 1. The molecule has 0 amide bonds. The van der Waals surface area contributed by atoms with Crippen LogP contribution in [0.25, 0.3) is 11.4 Å². The third kappa shape index (κ3) is 4.13. The van der Waals surface area contributed by atoms with E-state index < -0.39 is 19.0 Å². The van der Waals surface area contributed by atoms with Crippen LogP contribution in [-0.4, -0.2) is 28.8 Å². The molecular formula is C14H14ClF3N2O2. The number of aromatic nitrogens is 2. The van der Waals surface area contributed by atoms with E-state index in [0.29, 0.717) is 16.3 Å². The smallest absolute Gasteiger partial charge is 0.269 e. The zero-order chi connectivity index (χ0) is 16.3. The Morgan fingerprint density at radius 3 is 2.59 bits per heavy atom. The van der Waals surface area contributed by atoms with Gasteiger partial charge in [0.25, 0.3) is 6.43 Å². The van der Waals surface area contributed by atoms with E-state index in [4.69, 9.17) is 20.9 Å². The van der Waals surface area contributed by atoms with Crippen LogP contribution in [0.2, 0.25) is 5.02 Å². The molecule has 1 heterocycles. The first-order valence-corrected chi connectivity index (χ1v) is 6.96. The highest BCUT2D eigenvalue weighted by molar-refractivity contribution is 6.32. The lowest BCUT2D eigenvalue weighted by Gasteiger charge is -2.11. The zero-order valence-corrected chi connectivity index (χ0v) is 12.6. The number of rotatable bonds is 6. The van der Waals surface area contributed by atoms with Crippen molar-refractivity contribution in [2.45, 2.75) is 39.0 Å². The first-order chi connectivity index (χ1) is 10.4. The number of ether oxygens (including phenoxy) is 1. The zero-order valence-electron chi connectivity index (χ0n) is 11.9. The number of hydrogen-bond acceptors (Lipinski definition) is 4. The number of alkyl halides is 3. The molecule has 0 aliphatic carbocycles. The van der Waals surface area contributed by atoms with Crippen LogP contribution in [0.1, 0.15) is 19.7 Å². The predicted octanol–water partition coefficient (Wildman–Crippen LogP) is 4.32. The van der Waals surface area contributed by atoms with Crippen molar-refractivity contribution in [1.82, 2.24) is 10.1 Å². The maximum absolute atomic E-state index is 12.9. The molecule has 0 radical (unpaired) electrons. The minimum absolute atomic E-state index is 0.0315. The van der Waals surface area contributed by atoms with Crippen molar-refractivity contribution in [2.24, 2.45) is 0 Å².